The van der Waals surface area contributed by atoms with Crippen LogP contribution in [0.1, 0.15) is 258 Å². The molecule has 0 unspecified atom stereocenters. The van der Waals surface area contributed by atoms with E-state index < -0.39 is 54.3 Å². The van der Waals surface area contributed by atoms with Crippen LogP contribution in [0.5, 0.6) is 0 Å². The number of carboxylic acids is 2. The van der Waals surface area contributed by atoms with E-state index in [1.54, 1.807) is 73.9 Å². The predicted octanol–water partition coefficient (Wildman–Crippen LogP) is 17.1. The molecule has 0 aliphatic rings. The number of unbranched alkanes of at least 4 members (excludes halogenated alkanes) is 12. The third-order valence-electron chi connectivity index (χ3n) is 14.5. The van der Waals surface area contributed by atoms with Crippen molar-refractivity contribution < 1.29 is 32.8 Å². The predicted molar refractivity (Wildman–Crippen MR) is 319 cm³/mol. The van der Waals surface area contributed by atoms with Crippen LogP contribution in [-0.2, 0) is 10.1 Å². The maximum Gasteiger partial charge on any atom is 0.125 e. The first-order chi connectivity index (χ1) is 33.9. The zero-order valence-electron chi connectivity index (χ0n) is 48.5. The summed E-state index contributed by atoms with van der Waals surface area (Å²) in [5.74, 6) is -3.20. The second kappa shape index (κ2) is 44.0. The molecule has 0 aromatic heterocycles. The monoisotopic (exact) mass is 1070 g/mol. The van der Waals surface area contributed by atoms with Gasteiger partial charge in [-0.1, -0.05) is 172 Å². The summed E-state index contributed by atoms with van der Waals surface area (Å²) >= 11 is 0. The van der Waals surface area contributed by atoms with E-state index in [1.165, 1.54) is 160 Å². The zero-order valence-corrected chi connectivity index (χ0v) is 52.0. The van der Waals surface area contributed by atoms with E-state index in [2.05, 4.69) is 83.1 Å². The lowest BCUT2D eigenvalue weighted by Crippen LogP contribution is -2.23. The molecule has 0 amide bonds. The van der Waals surface area contributed by atoms with Crippen LogP contribution in [0.3, 0.4) is 0 Å². The fourth-order valence-corrected chi connectivity index (χ4v) is 26.3. The van der Waals surface area contributed by atoms with Crippen molar-refractivity contribution in [3.8, 4) is 0 Å². The Labute approximate surface area is 442 Å². The van der Waals surface area contributed by atoms with Crippen LogP contribution in [0.4, 0.5) is 0 Å². The number of fused-ring (bicyclic) bond motifs is 1. The summed E-state index contributed by atoms with van der Waals surface area (Å²) in [6, 6.07) is 4.95. The largest absolute Gasteiger partial charge is 0.744 e. The van der Waals surface area contributed by atoms with Crippen molar-refractivity contribution in [3.05, 3.63) is 41.5 Å². The third kappa shape index (κ3) is 32.1. The van der Waals surface area contributed by atoms with Crippen LogP contribution >= 0.6 is 21.8 Å². The Balaban J connectivity index is 0. The third-order valence-corrected chi connectivity index (χ3v) is 30.5. The Morgan fingerprint density at radius 3 is 0.775 bits per heavy atom. The first-order valence-electron chi connectivity index (χ1n) is 29.4. The van der Waals surface area contributed by atoms with Crippen molar-refractivity contribution in [2.24, 2.45) is 0 Å². The van der Waals surface area contributed by atoms with Gasteiger partial charge in [0.2, 0.25) is 0 Å². The van der Waals surface area contributed by atoms with Gasteiger partial charge in [-0.2, -0.15) is 0 Å². The van der Waals surface area contributed by atoms with Crippen LogP contribution in [0.2, 0.25) is 0 Å². The van der Waals surface area contributed by atoms with Gasteiger partial charge in [0, 0.05) is 21.8 Å². The molecular formula is C60H113O7P3S. The lowest BCUT2D eigenvalue weighted by molar-refractivity contribution is -0.256. The van der Waals surface area contributed by atoms with Gasteiger partial charge in [-0.3, -0.25) is 0 Å². The second-order valence-electron chi connectivity index (χ2n) is 20.9. The number of hydrogen-bond donors (Lipinski definition) is 0. The fourth-order valence-electron chi connectivity index (χ4n) is 9.71. The molecule has 0 saturated carbocycles. The van der Waals surface area contributed by atoms with E-state index in [4.69, 9.17) is 0 Å². The van der Waals surface area contributed by atoms with Crippen molar-refractivity contribution >= 4 is 54.6 Å². The number of carbonyl (C=O) groups excluding carboxylic acids is 2. The van der Waals surface area contributed by atoms with Gasteiger partial charge in [0.25, 0.3) is 0 Å². The normalized spacial score (nSPS) is 11.8. The van der Waals surface area contributed by atoms with Crippen molar-refractivity contribution in [3.63, 3.8) is 0 Å². The van der Waals surface area contributed by atoms with E-state index in [0.717, 1.165) is 18.2 Å². The zero-order chi connectivity index (χ0) is 54.0. The van der Waals surface area contributed by atoms with Gasteiger partial charge in [-0.25, -0.2) is 8.42 Å². The molecule has 0 aliphatic carbocycles. The van der Waals surface area contributed by atoms with Crippen LogP contribution in [0.15, 0.2) is 35.2 Å². The highest BCUT2D eigenvalue weighted by atomic mass is 32.2. The molecule has 0 radical (unpaired) electrons. The minimum atomic E-state index is -4.98. The molecular weight excluding hydrogens is 958 g/mol. The van der Waals surface area contributed by atoms with Gasteiger partial charge < -0.3 is 24.4 Å². The van der Waals surface area contributed by atoms with Crippen LogP contribution < -0.4 is 10.2 Å². The molecule has 0 fully saturated rings. The number of benzene rings is 2. The van der Waals surface area contributed by atoms with E-state index in [-0.39, 0.29) is 16.3 Å². The number of carbonyl (C=O) groups is 2. The second-order valence-corrected chi connectivity index (χ2v) is 35.7. The minimum absolute atomic E-state index is 0.0890. The first kappa shape index (κ1) is 71.9. The molecule has 0 aliphatic heterocycles. The first-order valence-corrected chi connectivity index (χ1v) is 38.4. The van der Waals surface area contributed by atoms with Crippen LogP contribution in [0.25, 0.3) is 10.8 Å². The summed E-state index contributed by atoms with van der Waals surface area (Å²) < 4.78 is 33.5. The molecule has 0 saturated heterocycles. The quantitative estimate of drug-likeness (QED) is 0.0480. The molecule has 0 bridgehead atoms. The molecule has 7 nitrogen and oxygen atoms in total. The van der Waals surface area contributed by atoms with Crippen molar-refractivity contribution in [1.29, 1.82) is 0 Å². The SMILES string of the molecule is CCCC[P+](CCCC)(CCCC)CCCC.CCCC[P+](CCCC)(CCCC)CCCC.CCCC[P+](CCCC)(CCCC)CCCC.O=C([O-])c1cc(S(=O)(=O)[O-])c2cc(C(=O)[O-])ccc2c1. The van der Waals surface area contributed by atoms with E-state index in [9.17, 15) is 32.8 Å². The summed E-state index contributed by atoms with van der Waals surface area (Å²) in [4.78, 5) is 20.7. The molecule has 416 valence electrons. The molecule has 0 N–H and O–H groups in total. The van der Waals surface area contributed by atoms with Crippen LogP contribution in [0, 0.1) is 0 Å². The standard InChI is InChI=1S/3C16H36P.C12H8O7S/c3*1-5-9-13-17(14-10-6-2,15-11-7-3)16-12-8-4;13-11(14)7-2-1-6-3-8(12(15)16)5-10(9(6)4-7)20(17,18)19/h3*5-16H2,1-4H3;1-5H,(H,13,14)(H,15,16)(H,17,18,19)/q3*+1;/p-3. The molecule has 71 heavy (non-hydrogen) atoms. The fraction of sp³-hybridized carbons (Fsp3) is 0.800. The molecule has 2 rings (SSSR count). The highest BCUT2D eigenvalue weighted by Crippen LogP contribution is 2.63. The van der Waals surface area contributed by atoms with E-state index >= 15 is 0 Å². The molecule has 0 spiro atoms. The topological polar surface area (TPSA) is 137 Å². The van der Waals surface area contributed by atoms with Gasteiger partial charge in [0.05, 0.1) is 90.8 Å². The van der Waals surface area contributed by atoms with Crippen LogP contribution in [-0.4, -0.2) is 98.9 Å². The van der Waals surface area contributed by atoms with Gasteiger partial charge in [-0.15, -0.1) is 0 Å². The lowest BCUT2D eigenvalue weighted by atomic mass is 10.0. The van der Waals surface area contributed by atoms with E-state index in [1.807, 2.05) is 0 Å². The Morgan fingerprint density at radius 1 is 0.366 bits per heavy atom. The molecule has 2 aromatic rings. The Morgan fingerprint density at radius 2 is 0.592 bits per heavy atom. The average molecular weight is 1070 g/mol. The summed E-state index contributed by atoms with van der Waals surface area (Å²) in [6.45, 7) is 28.3. The lowest BCUT2D eigenvalue weighted by Gasteiger charge is -2.28. The van der Waals surface area contributed by atoms with Gasteiger partial charge in [-0.05, 0) is 117 Å². The summed E-state index contributed by atoms with van der Waals surface area (Å²) in [5, 5.41) is 21.4. The molecule has 0 atom stereocenters. The Bertz CT molecular complexity index is 1540. The van der Waals surface area contributed by atoms with E-state index in [0.29, 0.717) is 6.07 Å². The minimum Gasteiger partial charge on any atom is -0.744 e. The summed E-state index contributed by atoms with van der Waals surface area (Å²) in [5.41, 5.74) is -0.822. The molecule has 0 heterocycles. The summed E-state index contributed by atoms with van der Waals surface area (Å²) in [6.07, 6.45) is 53.8. The Kier molecular flexibility index (Phi) is 44.6. The van der Waals surface area contributed by atoms with Gasteiger partial charge in [0.15, 0.2) is 0 Å². The Hall–Kier alpha value is -1.16. The molecule has 11 heteroatoms. The number of hydrogen-bond acceptors (Lipinski definition) is 7. The maximum atomic E-state index is 11.2. The number of aromatic carboxylic acids is 2. The highest BCUT2D eigenvalue weighted by Gasteiger charge is 2.36. The maximum absolute atomic E-state index is 11.2. The average Bonchev–Trinajstić information content (AvgIpc) is 3.37. The van der Waals surface area contributed by atoms with Crippen molar-refractivity contribution in [2.45, 2.75) is 242 Å². The van der Waals surface area contributed by atoms with Gasteiger partial charge in [0.1, 0.15) is 10.1 Å². The number of carboxylic acid groups (broad SMARTS) is 2. The molecule has 2 aromatic carbocycles. The van der Waals surface area contributed by atoms with Crippen molar-refractivity contribution in [1.82, 2.24) is 0 Å². The van der Waals surface area contributed by atoms with Crippen molar-refractivity contribution in [2.75, 3.05) is 73.9 Å². The van der Waals surface area contributed by atoms with Gasteiger partial charge >= 0.3 is 0 Å². The highest BCUT2D eigenvalue weighted by molar-refractivity contribution is 7.86. The number of rotatable bonds is 39. The summed E-state index contributed by atoms with van der Waals surface area (Å²) in [7, 11) is -6.67. The smallest absolute Gasteiger partial charge is 0.125 e.